The molecule has 0 unspecified atom stereocenters. The first-order chi connectivity index (χ1) is 13.7. The summed E-state index contributed by atoms with van der Waals surface area (Å²) in [6.07, 6.45) is 5.61. The topological polar surface area (TPSA) is 71.5 Å². The number of rotatable bonds is 8. The lowest BCUT2D eigenvalue weighted by molar-refractivity contribution is -0.125. The first-order valence-corrected chi connectivity index (χ1v) is 9.90. The van der Waals surface area contributed by atoms with Crippen molar-refractivity contribution >= 4 is 17.7 Å². The zero-order valence-corrected chi connectivity index (χ0v) is 16.3. The highest BCUT2D eigenvalue weighted by Crippen LogP contribution is 2.22. The molecule has 1 fully saturated rings. The van der Waals surface area contributed by atoms with Crippen molar-refractivity contribution in [1.82, 2.24) is 10.3 Å². The fourth-order valence-electron chi connectivity index (χ4n) is 3.48. The van der Waals surface area contributed by atoms with Gasteiger partial charge in [0.15, 0.2) is 6.61 Å². The summed E-state index contributed by atoms with van der Waals surface area (Å²) in [5.41, 5.74) is 1.46. The minimum atomic E-state index is -0.517. The number of amides is 1. The van der Waals surface area contributed by atoms with Gasteiger partial charge < -0.3 is 15.0 Å². The lowest BCUT2D eigenvalue weighted by atomic mass is 10.0. The molecule has 28 heavy (non-hydrogen) atoms. The predicted molar refractivity (Wildman–Crippen MR) is 108 cm³/mol. The summed E-state index contributed by atoms with van der Waals surface area (Å²) in [5, 5.41) is 2.97. The Labute approximate surface area is 165 Å². The molecule has 1 N–H and O–H groups in total. The first-order valence-electron chi connectivity index (χ1n) is 9.90. The maximum Gasteiger partial charge on any atom is 0.342 e. The van der Waals surface area contributed by atoms with Crippen molar-refractivity contribution in [2.75, 3.05) is 24.6 Å². The standard InChI is InChI=1S/C22H27N3O3/c1-2-9-19(17-10-4-3-5-11-17)24-20(26)16-28-22(27)18-12-8-13-23-21(18)25-14-6-7-15-25/h3-5,8,10-13,19H,2,6-7,9,14-16H2,1H3,(H,24,26)/t19-/m1/s1. The average molecular weight is 381 g/mol. The third-order valence-electron chi connectivity index (χ3n) is 4.86. The molecule has 3 rings (SSSR count). The van der Waals surface area contributed by atoms with Crippen LogP contribution in [0.15, 0.2) is 48.7 Å². The van der Waals surface area contributed by atoms with Gasteiger partial charge in [-0.25, -0.2) is 9.78 Å². The second-order valence-electron chi connectivity index (χ2n) is 6.96. The molecule has 1 saturated heterocycles. The van der Waals surface area contributed by atoms with E-state index in [1.807, 2.05) is 30.3 Å². The summed E-state index contributed by atoms with van der Waals surface area (Å²) >= 11 is 0. The van der Waals surface area contributed by atoms with Crippen LogP contribution in [0, 0.1) is 0 Å². The largest absolute Gasteiger partial charge is 0.452 e. The van der Waals surface area contributed by atoms with Crippen LogP contribution in [0.5, 0.6) is 0 Å². The summed E-state index contributed by atoms with van der Waals surface area (Å²) in [5.74, 6) is -0.183. The maximum atomic E-state index is 12.5. The Morgan fingerprint density at radius 3 is 2.61 bits per heavy atom. The number of carbonyl (C=O) groups is 2. The van der Waals surface area contributed by atoms with Gasteiger partial charge in [-0.2, -0.15) is 0 Å². The number of nitrogens with one attached hydrogen (secondary N) is 1. The Balaban J connectivity index is 1.59. The molecule has 2 aromatic rings. The molecule has 6 nitrogen and oxygen atoms in total. The number of anilines is 1. The van der Waals surface area contributed by atoms with Crippen molar-refractivity contribution in [3.63, 3.8) is 0 Å². The number of pyridine rings is 1. The van der Waals surface area contributed by atoms with Crippen molar-refractivity contribution in [2.24, 2.45) is 0 Å². The van der Waals surface area contributed by atoms with Gasteiger partial charge in [-0.1, -0.05) is 43.7 Å². The zero-order valence-electron chi connectivity index (χ0n) is 16.3. The van der Waals surface area contributed by atoms with Crippen LogP contribution >= 0.6 is 0 Å². The number of nitrogens with zero attached hydrogens (tertiary/aromatic N) is 2. The molecular formula is C22H27N3O3. The van der Waals surface area contributed by atoms with Gasteiger partial charge in [0.25, 0.3) is 5.91 Å². The number of hydrogen-bond donors (Lipinski definition) is 1. The first kappa shape index (κ1) is 19.9. The smallest absolute Gasteiger partial charge is 0.342 e. The summed E-state index contributed by atoms with van der Waals surface area (Å²) in [7, 11) is 0. The van der Waals surface area contributed by atoms with Gasteiger partial charge in [-0.3, -0.25) is 4.79 Å². The molecule has 0 saturated carbocycles. The lowest BCUT2D eigenvalue weighted by Crippen LogP contribution is -2.32. The molecule has 0 bridgehead atoms. The Bertz CT molecular complexity index is 789. The van der Waals surface area contributed by atoms with Crippen molar-refractivity contribution in [1.29, 1.82) is 0 Å². The van der Waals surface area contributed by atoms with Gasteiger partial charge in [-0.15, -0.1) is 0 Å². The van der Waals surface area contributed by atoms with Gasteiger partial charge in [0.2, 0.25) is 0 Å². The van der Waals surface area contributed by atoms with Crippen molar-refractivity contribution in [2.45, 2.75) is 38.6 Å². The van der Waals surface area contributed by atoms with E-state index in [2.05, 4.69) is 22.1 Å². The van der Waals surface area contributed by atoms with Gasteiger partial charge in [0.05, 0.1) is 6.04 Å². The van der Waals surface area contributed by atoms with E-state index in [0.717, 1.165) is 44.3 Å². The van der Waals surface area contributed by atoms with Crippen molar-refractivity contribution in [3.8, 4) is 0 Å². The molecule has 2 heterocycles. The number of aromatic nitrogens is 1. The van der Waals surface area contributed by atoms with E-state index in [4.69, 9.17) is 4.74 Å². The number of ether oxygens (including phenoxy) is 1. The highest BCUT2D eigenvalue weighted by molar-refractivity contribution is 5.96. The Kier molecular flexibility index (Phi) is 7.00. The van der Waals surface area contributed by atoms with E-state index >= 15 is 0 Å². The summed E-state index contributed by atoms with van der Waals surface area (Å²) in [6, 6.07) is 13.2. The number of benzene rings is 1. The summed E-state index contributed by atoms with van der Waals surface area (Å²) in [6.45, 7) is 3.53. The van der Waals surface area contributed by atoms with Crippen LogP contribution in [0.2, 0.25) is 0 Å². The molecule has 0 radical (unpaired) electrons. The van der Waals surface area contributed by atoms with Crippen LogP contribution in [-0.2, 0) is 9.53 Å². The van der Waals surface area contributed by atoms with Gasteiger partial charge in [0, 0.05) is 19.3 Å². The van der Waals surface area contributed by atoms with E-state index in [1.165, 1.54) is 0 Å². The second kappa shape index (κ2) is 9.88. The van der Waals surface area contributed by atoms with Crippen LogP contribution < -0.4 is 10.2 Å². The molecule has 0 spiro atoms. The fraction of sp³-hybridized carbons (Fsp3) is 0.409. The van der Waals surface area contributed by atoms with Crippen molar-refractivity contribution < 1.29 is 14.3 Å². The molecular weight excluding hydrogens is 354 g/mol. The number of carbonyl (C=O) groups excluding carboxylic acids is 2. The van der Waals surface area contributed by atoms with Crippen LogP contribution in [-0.4, -0.2) is 36.6 Å². The molecule has 1 aromatic heterocycles. The van der Waals surface area contributed by atoms with Crippen LogP contribution in [0.3, 0.4) is 0 Å². The SMILES string of the molecule is CCC[C@@H](NC(=O)COC(=O)c1cccnc1N1CCCC1)c1ccccc1. The number of hydrogen-bond acceptors (Lipinski definition) is 5. The molecule has 1 aliphatic heterocycles. The van der Waals surface area contributed by atoms with Crippen molar-refractivity contribution in [3.05, 3.63) is 59.8 Å². The Morgan fingerprint density at radius 1 is 1.14 bits per heavy atom. The maximum absolute atomic E-state index is 12.5. The molecule has 148 valence electrons. The second-order valence-corrected chi connectivity index (χ2v) is 6.96. The lowest BCUT2D eigenvalue weighted by Gasteiger charge is -2.20. The Hall–Kier alpha value is -2.89. The van der Waals surface area contributed by atoms with E-state index in [0.29, 0.717) is 11.4 Å². The quantitative estimate of drug-likeness (QED) is 0.709. The minimum absolute atomic E-state index is 0.0871. The molecule has 1 amide bonds. The molecule has 6 heteroatoms. The summed E-state index contributed by atoms with van der Waals surface area (Å²) < 4.78 is 5.29. The van der Waals surface area contributed by atoms with E-state index in [1.54, 1.807) is 18.3 Å². The molecule has 1 aromatic carbocycles. The molecule has 0 aliphatic carbocycles. The van der Waals surface area contributed by atoms with Gasteiger partial charge in [0.1, 0.15) is 11.4 Å². The normalized spacial score (nSPS) is 14.5. The fourth-order valence-corrected chi connectivity index (χ4v) is 3.48. The van der Waals surface area contributed by atoms with Gasteiger partial charge >= 0.3 is 5.97 Å². The van der Waals surface area contributed by atoms with E-state index in [9.17, 15) is 9.59 Å². The molecule has 1 atom stereocenters. The predicted octanol–water partition coefficient (Wildman–Crippen LogP) is 3.50. The van der Waals surface area contributed by atoms with Crippen LogP contribution in [0.4, 0.5) is 5.82 Å². The number of esters is 1. The Morgan fingerprint density at radius 2 is 1.89 bits per heavy atom. The molecule has 1 aliphatic rings. The average Bonchev–Trinajstić information content (AvgIpc) is 3.27. The third-order valence-corrected chi connectivity index (χ3v) is 4.86. The van der Waals surface area contributed by atoms with Gasteiger partial charge in [-0.05, 0) is 37.0 Å². The highest BCUT2D eigenvalue weighted by Gasteiger charge is 2.22. The third kappa shape index (κ3) is 5.09. The monoisotopic (exact) mass is 381 g/mol. The summed E-state index contributed by atoms with van der Waals surface area (Å²) in [4.78, 5) is 31.3. The van der Waals surface area contributed by atoms with Crippen LogP contribution in [0.1, 0.15) is 54.6 Å². The van der Waals surface area contributed by atoms with Crippen LogP contribution in [0.25, 0.3) is 0 Å². The van der Waals surface area contributed by atoms with E-state index < -0.39 is 5.97 Å². The minimum Gasteiger partial charge on any atom is -0.452 e. The van der Waals surface area contributed by atoms with E-state index in [-0.39, 0.29) is 18.6 Å². The zero-order chi connectivity index (χ0) is 19.8. The highest BCUT2D eigenvalue weighted by atomic mass is 16.5.